The summed E-state index contributed by atoms with van der Waals surface area (Å²) in [6.45, 7) is -0.590. The maximum Gasteiger partial charge on any atom is 0.338 e. The van der Waals surface area contributed by atoms with Crippen molar-refractivity contribution in [3.63, 3.8) is 0 Å². The standard InChI is InChI=1S/C30H32O13/c1-39-22-11-16(12-23(40-2)25(22)34)29(38)41-14-24-26(35)27(36)28(37)30(43-24)42-21-13-18(32)8-9-19(21)20(33)10-5-15-3-6-17(31)7-4-15/h3-4,6-9,11-13,24,26-28,30-32,34-37H,5,10,14H2,1-2H3. The van der Waals surface area contributed by atoms with Crippen LogP contribution in [-0.2, 0) is 15.9 Å². The van der Waals surface area contributed by atoms with Gasteiger partial charge in [0.25, 0.3) is 0 Å². The Morgan fingerprint density at radius 1 is 0.791 bits per heavy atom. The van der Waals surface area contributed by atoms with Crippen molar-refractivity contribution in [1.29, 1.82) is 0 Å². The first kappa shape index (κ1) is 31.4. The van der Waals surface area contributed by atoms with E-state index in [-0.39, 0.29) is 57.8 Å². The molecule has 0 bridgehead atoms. The maximum atomic E-state index is 13.1. The molecule has 13 heteroatoms. The predicted octanol–water partition coefficient (Wildman–Crippen LogP) is 1.68. The number of aromatic hydroxyl groups is 3. The SMILES string of the molecule is COc1cc(C(=O)OCC2OC(Oc3cc(O)ccc3C(=O)CCc3ccc(O)cc3)C(O)C(O)C2O)cc(OC)c1O. The summed E-state index contributed by atoms with van der Waals surface area (Å²) in [6.07, 6.45) is -7.88. The van der Waals surface area contributed by atoms with Crippen LogP contribution in [-0.4, -0.2) is 93.9 Å². The van der Waals surface area contributed by atoms with Crippen LogP contribution in [0.25, 0.3) is 0 Å². The third-order valence-electron chi connectivity index (χ3n) is 6.85. The lowest BCUT2D eigenvalue weighted by Crippen LogP contribution is -2.60. The molecule has 5 unspecified atom stereocenters. The number of phenols is 3. The van der Waals surface area contributed by atoms with E-state index in [9.17, 15) is 40.2 Å². The Hall–Kier alpha value is -4.56. The first-order valence-corrected chi connectivity index (χ1v) is 13.1. The van der Waals surface area contributed by atoms with Crippen LogP contribution in [0.5, 0.6) is 34.5 Å². The number of ether oxygens (including phenoxy) is 5. The quantitative estimate of drug-likeness (QED) is 0.137. The van der Waals surface area contributed by atoms with Crippen molar-refractivity contribution in [2.75, 3.05) is 20.8 Å². The van der Waals surface area contributed by atoms with Gasteiger partial charge < -0.3 is 54.3 Å². The highest BCUT2D eigenvalue weighted by Gasteiger charge is 2.46. The Kier molecular flexibility index (Phi) is 9.93. The monoisotopic (exact) mass is 600 g/mol. The van der Waals surface area contributed by atoms with Crippen LogP contribution in [0.4, 0.5) is 0 Å². The van der Waals surface area contributed by atoms with Crippen LogP contribution in [0.1, 0.15) is 32.7 Å². The molecule has 4 rings (SSSR count). The molecule has 5 atom stereocenters. The second-order valence-corrected chi connectivity index (χ2v) is 9.73. The van der Waals surface area contributed by atoms with Gasteiger partial charge in [0.1, 0.15) is 48.3 Å². The molecule has 13 nitrogen and oxygen atoms in total. The van der Waals surface area contributed by atoms with Crippen molar-refractivity contribution in [2.45, 2.75) is 43.5 Å². The molecule has 1 fully saturated rings. The molecular weight excluding hydrogens is 568 g/mol. The zero-order valence-electron chi connectivity index (χ0n) is 23.2. The molecule has 0 aliphatic carbocycles. The van der Waals surface area contributed by atoms with E-state index >= 15 is 0 Å². The lowest BCUT2D eigenvalue weighted by atomic mass is 9.99. The maximum absolute atomic E-state index is 13.1. The molecule has 1 aliphatic heterocycles. The Morgan fingerprint density at radius 3 is 2.05 bits per heavy atom. The molecule has 43 heavy (non-hydrogen) atoms. The Morgan fingerprint density at radius 2 is 1.42 bits per heavy atom. The first-order chi connectivity index (χ1) is 20.5. The lowest BCUT2D eigenvalue weighted by Gasteiger charge is -2.40. The minimum atomic E-state index is -1.79. The third-order valence-corrected chi connectivity index (χ3v) is 6.85. The van der Waals surface area contributed by atoms with Crippen molar-refractivity contribution in [3.8, 4) is 34.5 Å². The molecular formula is C30H32O13. The Bertz CT molecular complexity index is 1410. The van der Waals surface area contributed by atoms with E-state index in [2.05, 4.69) is 0 Å². The van der Waals surface area contributed by atoms with E-state index in [1.807, 2.05) is 0 Å². The third kappa shape index (κ3) is 7.27. The number of Topliss-reactive ketones (excluding diaryl/α,β-unsaturated/α-hetero) is 1. The summed E-state index contributed by atoms with van der Waals surface area (Å²) in [5.41, 5.74) is 0.809. The Balaban J connectivity index is 1.46. The highest BCUT2D eigenvalue weighted by molar-refractivity contribution is 5.99. The van der Waals surface area contributed by atoms with Gasteiger partial charge in [-0.25, -0.2) is 4.79 Å². The molecule has 230 valence electrons. The van der Waals surface area contributed by atoms with Crippen molar-refractivity contribution >= 4 is 11.8 Å². The van der Waals surface area contributed by atoms with Gasteiger partial charge in [0.05, 0.1) is 25.3 Å². The van der Waals surface area contributed by atoms with Gasteiger partial charge in [-0.15, -0.1) is 0 Å². The van der Waals surface area contributed by atoms with Crippen LogP contribution in [0.15, 0.2) is 54.6 Å². The number of hydrogen-bond acceptors (Lipinski definition) is 13. The molecule has 0 amide bonds. The molecule has 3 aromatic rings. The molecule has 0 radical (unpaired) electrons. The highest BCUT2D eigenvalue weighted by atomic mass is 16.7. The van der Waals surface area contributed by atoms with Gasteiger partial charge in [-0.05, 0) is 48.4 Å². The van der Waals surface area contributed by atoms with Gasteiger partial charge in [-0.3, -0.25) is 4.79 Å². The average molecular weight is 601 g/mol. The fraction of sp³-hybridized carbons (Fsp3) is 0.333. The van der Waals surface area contributed by atoms with Crippen LogP contribution in [0.3, 0.4) is 0 Å². The summed E-state index contributed by atoms with van der Waals surface area (Å²) in [5.74, 6) is -1.99. The Labute approximate surface area is 246 Å². The summed E-state index contributed by atoms with van der Waals surface area (Å²) in [6, 6.07) is 12.5. The second kappa shape index (κ2) is 13.6. The molecule has 0 aromatic heterocycles. The number of rotatable bonds is 11. The number of benzene rings is 3. The zero-order valence-corrected chi connectivity index (χ0v) is 23.2. The van der Waals surface area contributed by atoms with Gasteiger partial charge in [-0.2, -0.15) is 0 Å². The van der Waals surface area contributed by atoms with Crippen LogP contribution in [0, 0.1) is 0 Å². The topological polar surface area (TPSA) is 202 Å². The van der Waals surface area contributed by atoms with Gasteiger partial charge >= 0.3 is 5.97 Å². The normalized spacial score (nSPS) is 21.6. The molecule has 1 saturated heterocycles. The first-order valence-electron chi connectivity index (χ1n) is 13.1. The van der Waals surface area contributed by atoms with Gasteiger partial charge in [-0.1, -0.05) is 12.1 Å². The van der Waals surface area contributed by atoms with E-state index < -0.39 is 43.3 Å². The fourth-order valence-electron chi connectivity index (χ4n) is 4.42. The minimum Gasteiger partial charge on any atom is -0.508 e. The smallest absolute Gasteiger partial charge is 0.338 e. The molecule has 1 heterocycles. The van der Waals surface area contributed by atoms with Crippen LogP contribution in [0.2, 0.25) is 0 Å². The summed E-state index contributed by atoms with van der Waals surface area (Å²) in [7, 11) is 2.56. The number of esters is 1. The van der Waals surface area contributed by atoms with Crippen molar-refractivity contribution < 1.29 is 63.9 Å². The number of aliphatic hydroxyl groups excluding tert-OH is 3. The summed E-state index contributed by atoms with van der Waals surface area (Å²) >= 11 is 0. The summed E-state index contributed by atoms with van der Waals surface area (Å²) < 4.78 is 26.7. The van der Waals surface area contributed by atoms with E-state index in [4.69, 9.17) is 23.7 Å². The molecule has 0 spiro atoms. The number of phenolic OH excluding ortho intramolecular Hbond substituents is 3. The van der Waals surface area contributed by atoms with Crippen molar-refractivity contribution in [2.24, 2.45) is 0 Å². The average Bonchev–Trinajstić information content (AvgIpc) is 3.00. The number of aryl methyl sites for hydroxylation is 1. The number of ketones is 1. The minimum absolute atomic E-state index is 0.0483. The number of aliphatic hydroxyl groups is 3. The van der Waals surface area contributed by atoms with Gasteiger partial charge in [0.2, 0.25) is 12.0 Å². The van der Waals surface area contributed by atoms with Crippen LogP contribution < -0.4 is 14.2 Å². The molecule has 3 aromatic carbocycles. The lowest BCUT2D eigenvalue weighted by molar-refractivity contribution is -0.277. The van der Waals surface area contributed by atoms with Gasteiger partial charge in [0, 0.05) is 12.5 Å². The van der Waals surface area contributed by atoms with Crippen molar-refractivity contribution in [3.05, 3.63) is 71.3 Å². The highest BCUT2D eigenvalue weighted by Crippen LogP contribution is 2.37. The van der Waals surface area contributed by atoms with Gasteiger partial charge in [0.15, 0.2) is 17.3 Å². The number of methoxy groups -OCH3 is 2. The van der Waals surface area contributed by atoms with E-state index in [0.29, 0.717) is 6.42 Å². The second-order valence-electron chi connectivity index (χ2n) is 9.73. The van der Waals surface area contributed by atoms with E-state index in [1.165, 1.54) is 50.6 Å². The fourth-order valence-corrected chi connectivity index (χ4v) is 4.42. The van der Waals surface area contributed by atoms with Crippen molar-refractivity contribution in [1.82, 2.24) is 0 Å². The molecule has 6 N–H and O–H groups in total. The number of hydrogen-bond donors (Lipinski definition) is 6. The van der Waals surface area contributed by atoms with E-state index in [0.717, 1.165) is 11.6 Å². The van der Waals surface area contributed by atoms with E-state index in [1.54, 1.807) is 12.1 Å². The zero-order chi connectivity index (χ0) is 31.3. The largest absolute Gasteiger partial charge is 0.508 e. The summed E-state index contributed by atoms with van der Waals surface area (Å²) in [4.78, 5) is 25.8. The van der Waals surface area contributed by atoms with Crippen LogP contribution >= 0.6 is 0 Å². The predicted molar refractivity (Wildman–Crippen MR) is 148 cm³/mol. The molecule has 1 aliphatic rings. The summed E-state index contributed by atoms with van der Waals surface area (Å²) in [5, 5.41) is 61.1. The number of carbonyl (C=O) groups excluding carboxylic acids is 2. The number of carbonyl (C=O) groups is 2. The molecule has 0 saturated carbocycles.